The van der Waals surface area contributed by atoms with Crippen molar-refractivity contribution in [1.82, 2.24) is 5.32 Å². The number of nitrogens with one attached hydrogen (secondary N) is 1. The molecule has 2 nitrogen and oxygen atoms in total. The van der Waals surface area contributed by atoms with Crippen LogP contribution in [0.5, 0.6) is 0 Å². The quantitative estimate of drug-likeness (QED) is 0.782. The van der Waals surface area contributed by atoms with Gasteiger partial charge in [0.05, 0.1) is 0 Å². The lowest BCUT2D eigenvalue weighted by molar-refractivity contribution is 0.321. The summed E-state index contributed by atoms with van der Waals surface area (Å²) in [4.78, 5) is 2.49. The summed E-state index contributed by atoms with van der Waals surface area (Å²) in [5.41, 5.74) is 2.75. The van der Waals surface area contributed by atoms with Crippen molar-refractivity contribution in [2.24, 2.45) is 5.92 Å². The van der Waals surface area contributed by atoms with E-state index in [0.29, 0.717) is 6.04 Å². The molecule has 0 radical (unpaired) electrons. The van der Waals surface area contributed by atoms with Crippen LogP contribution in [0.4, 0.5) is 5.69 Å². The lowest BCUT2D eigenvalue weighted by atomic mass is 9.85. The molecule has 2 rings (SSSR count). The average molecular weight is 274 g/mol. The largest absolute Gasteiger partial charge is 0.371 e. The van der Waals surface area contributed by atoms with Crippen LogP contribution < -0.4 is 10.2 Å². The number of nitrogens with zero attached hydrogens (tertiary/aromatic N) is 1. The summed E-state index contributed by atoms with van der Waals surface area (Å²) in [6.07, 6.45) is 6.72. The molecule has 0 amide bonds. The minimum Gasteiger partial charge on any atom is -0.371 e. The highest BCUT2D eigenvalue weighted by molar-refractivity contribution is 5.48. The monoisotopic (exact) mass is 274 g/mol. The van der Waals surface area contributed by atoms with Crippen LogP contribution >= 0.6 is 0 Å². The van der Waals surface area contributed by atoms with Gasteiger partial charge in [0.1, 0.15) is 0 Å². The van der Waals surface area contributed by atoms with Crippen LogP contribution in [0, 0.1) is 5.92 Å². The van der Waals surface area contributed by atoms with E-state index in [1.54, 1.807) is 0 Å². The van der Waals surface area contributed by atoms with Crippen LogP contribution in [0.3, 0.4) is 0 Å². The Bertz CT molecular complexity index is 385. The fourth-order valence-corrected chi connectivity index (χ4v) is 3.32. The molecule has 0 spiro atoms. The highest BCUT2D eigenvalue weighted by atomic mass is 15.1. The molecule has 0 heterocycles. The molecule has 1 saturated carbocycles. The van der Waals surface area contributed by atoms with E-state index >= 15 is 0 Å². The van der Waals surface area contributed by atoms with E-state index in [1.807, 2.05) is 0 Å². The van der Waals surface area contributed by atoms with E-state index in [4.69, 9.17) is 0 Å². The SMILES string of the molecule is CCCNCc1ccc(N(C)C2CCCCC2C)cc1. The van der Waals surface area contributed by atoms with Gasteiger partial charge in [-0.2, -0.15) is 0 Å². The zero-order valence-corrected chi connectivity index (χ0v) is 13.4. The Morgan fingerprint density at radius 2 is 1.85 bits per heavy atom. The molecule has 1 aliphatic carbocycles. The highest BCUT2D eigenvalue weighted by Crippen LogP contribution is 2.30. The molecule has 0 bridgehead atoms. The van der Waals surface area contributed by atoms with Crippen molar-refractivity contribution in [3.63, 3.8) is 0 Å². The maximum absolute atomic E-state index is 3.46. The van der Waals surface area contributed by atoms with Gasteiger partial charge in [0, 0.05) is 25.3 Å². The van der Waals surface area contributed by atoms with Crippen molar-refractivity contribution in [2.75, 3.05) is 18.5 Å². The van der Waals surface area contributed by atoms with Gasteiger partial charge >= 0.3 is 0 Å². The Hall–Kier alpha value is -1.02. The summed E-state index contributed by atoms with van der Waals surface area (Å²) >= 11 is 0. The van der Waals surface area contributed by atoms with E-state index in [2.05, 4.69) is 55.4 Å². The standard InChI is InChI=1S/C18H30N2/c1-4-13-19-14-16-9-11-17(12-10-16)20(3)18-8-6-5-7-15(18)2/h9-12,15,18-19H,4-8,13-14H2,1-3H3. The van der Waals surface area contributed by atoms with Crippen LogP contribution in [0.1, 0.15) is 51.5 Å². The van der Waals surface area contributed by atoms with Crippen molar-refractivity contribution in [3.05, 3.63) is 29.8 Å². The van der Waals surface area contributed by atoms with Gasteiger partial charge in [0.15, 0.2) is 0 Å². The lowest BCUT2D eigenvalue weighted by Crippen LogP contribution is -2.38. The van der Waals surface area contributed by atoms with Crippen molar-refractivity contribution in [2.45, 2.75) is 58.5 Å². The molecular weight excluding hydrogens is 244 g/mol. The first-order valence-corrected chi connectivity index (χ1v) is 8.25. The molecule has 0 aliphatic heterocycles. The first-order chi connectivity index (χ1) is 9.72. The first kappa shape index (κ1) is 15.4. The molecule has 0 saturated heterocycles. The summed E-state index contributed by atoms with van der Waals surface area (Å²) in [7, 11) is 2.26. The third-order valence-corrected chi connectivity index (χ3v) is 4.66. The van der Waals surface area contributed by atoms with Gasteiger partial charge in [-0.05, 0) is 49.4 Å². The van der Waals surface area contributed by atoms with Gasteiger partial charge in [-0.1, -0.05) is 38.8 Å². The van der Waals surface area contributed by atoms with Gasteiger partial charge in [0.2, 0.25) is 0 Å². The third-order valence-electron chi connectivity index (χ3n) is 4.66. The molecule has 1 aromatic carbocycles. The number of hydrogen-bond donors (Lipinski definition) is 1. The number of hydrogen-bond acceptors (Lipinski definition) is 2. The second-order valence-electron chi connectivity index (χ2n) is 6.28. The predicted octanol–water partition coefficient (Wildman–Crippen LogP) is 4.20. The summed E-state index contributed by atoms with van der Waals surface area (Å²) in [6.45, 7) is 6.69. The van der Waals surface area contributed by atoms with E-state index in [9.17, 15) is 0 Å². The van der Waals surface area contributed by atoms with Crippen LogP contribution in [-0.2, 0) is 6.54 Å². The van der Waals surface area contributed by atoms with Gasteiger partial charge in [-0.25, -0.2) is 0 Å². The normalized spacial score (nSPS) is 22.8. The molecule has 1 fully saturated rings. The summed E-state index contributed by atoms with van der Waals surface area (Å²) in [6, 6.07) is 9.81. The molecule has 1 aromatic rings. The highest BCUT2D eigenvalue weighted by Gasteiger charge is 2.24. The topological polar surface area (TPSA) is 15.3 Å². The average Bonchev–Trinajstić information content (AvgIpc) is 2.48. The van der Waals surface area contributed by atoms with Crippen LogP contribution in [0.25, 0.3) is 0 Å². The molecule has 2 atom stereocenters. The van der Waals surface area contributed by atoms with Gasteiger partial charge in [0.25, 0.3) is 0 Å². The number of rotatable bonds is 6. The molecule has 20 heavy (non-hydrogen) atoms. The van der Waals surface area contributed by atoms with Crippen LogP contribution in [0.2, 0.25) is 0 Å². The van der Waals surface area contributed by atoms with E-state index < -0.39 is 0 Å². The molecule has 1 N–H and O–H groups in total. The van der Waals surface area contributed by atoms with Crippen molar-refractivity contribution < 1.29 is 0 Å². The molecular formula is C18H30N2. The zero-order valence-electron chi connectivity index (χ0n) is 13.4. The minimum atomic E-state index is 0.716. The Labute approximate surface area is 124 Å². The smallest absolute Gasteiger partial charge is 0.0366 e. The predicted molar refractivity (Wildman–Crippen MR) is 88.3 cm³/mol. The molecule has 0 aromatic heterocycles. The molecule has 2 unspecified atom stereocenters. The summed E-state index contributed by atoms with van der Waals surface area (Å²) < 4.78 is 0. The maximum atomic E-state index is 3.46. The van der Waals surface area contributed by atoms with E-state index in [1.165, 1.54) is 43.4 Å². The summed E-state index contributed by atoms with van der Waals surface area (Å²) in [5, 5.41) is 3.46. The van der Waals surface area contributed by atoms with Crippen molar-refractivity contribution in [1.29, 1.82) is 0 Å². The Kier molecular flexibility index (Phi) is 5.90. The second kappa shape index (κ2) is 7.68. The number of benzene rings is 1. The lowest BCUT2D eigenvalue weighted by Gasteiger charge is -2.37. The van der Waals surface area contributed by atoms with Crippen LogP contribution in [-0.4, -0.2) is 19.6 Å². The van der Waals surface area contributed by atoms with E-state index in [0.717, 1.165) is 19.0 Å². The van der Waals surface area contributed by atoms with E-state index in [-0.39, 0.29) is 0 Å². The Balaban J connectivity index is 1.94. The first-order valence-electron chi connectivity index (χ1n) is 8.25. The van der Waals surface area contributed by atoms with Gasteiger partial charge in [-0.15, -0.1) is 0 Å². The third kappa shape index (κ3) is 3.99. The maximum Gasteiger partial charge on any atom is 0.0366 e. The zero-order chi connectivity index (χ0) is 14.4. The van der Waals surface area contributed by atoms with Crippen LogP contribution in [0.15, 0.2) is 24.3 Å². The summed E-state index contributed by atoms with van der Waals surface area (Å²) in [5.74, 6) is 0.819. The van der Waals surface area contributed by atoms with Gasteiger partial charge in [-0.3, -0.25) is 0 Å². The number of anilines is 1. The molecule has 1 aliphatic rings. The molecule has 2 heteroatoms. The Morgan fingerprint density at radius 3 is 2.50 bits per heavy atom. The Morgan fingerprint density at radius 1 is 1.15 bits per heavy atom. The fourth-order valence-electron chi connectivity index (χ4n) is 3.32. The fraction of sp³-hybridized carbons (Fsp3) is 0.667. The van der Waals surface area contributed by atoms with Gasteiger partial charge < -0.3 is 10.2 Å². The molecule has 112 valence electrons. The van der Waals surface area contributed by atoms with Crippen molar-refractivity contribution >= 4 is 5.69 Å². The van der Waals surface area contributed by atoms with Crippen molar-refractivity contribution in [3.8, 4) is 0 Å². The minimum absolute atomic E-state index is 0.716. The second-order valence-corrected chi connectivity index (χ2v) is 6.28.